The number of allylic oxidation sites excluding steroid dienone is 2. The zero-order chi connectivity index (χ0) is 40.5. The Morgan fingerprint density at radius 1 is 1.04 bits per heavy atom. The molecule has 296 valence electrons. The third kappa shape index (κ3) is 11.0. The van der Waals surface area contributed by atoms with Crippen molar-refractivity contribution in [1.82, 2.24) is 4.90 Å². The van der Waals surface area contributed by atoms with Crippen molar-refractivity contribution in [2.45, 2.75) is 83.0 Å². The largest absolute Gasteiger partial charge is 0.495 e. The predicted molar refractivity (Wildman–Crippen MR) is 215 cm³/mol. The first kappa shape index (κ1) is 44.9. The number of nitrogens with zero attached hydrogens (tertiary/aromatic N) is 3. The van der Waals surface area contributed by atoms with Gasteiger partial charge in [0.25, 0.3) is 0 Å². The van der Waals surface area contributed by atoms with Gasteiger partial charge in [0.2, 0.25) is 0 Å². The van der Waals surface area contributed by atoms with E-state index in [9.17, 15) is 19.1 Å². The summed E-state index contributed by atoms with van der Waals surface area (Å²) in [5, 5.41) is 9.95. The molecular formula is C42H56ClF3N3O4S+. The number of carboxylic acid groups (broad SMARTS) is 1. The molecule has 0 aromatic heterocycles. The average molecular weight is 791 g/mol. The highest BCUT2D eigenvalue weighted by Crippen LogP contribution is 2.44. The van der Waals surface area contributed by atoms with Crippen molar-refractivity contribution in [2.75, 3.05) is 46.2 Å². The van der Waals surface area contributed by atoms with Gasteiger partial charge in [0.1, 0.15) is 35.5 Å². The highest BCUT2D eigenvalue weighted by molar-refractivity contribution is 7.99. The summed E-state index contributed by atoms with van der Waals surface area (Å²) in [5.41, 5.74) is 1.75. The molecule has 0 saturated carbocycles. The van der Waals surface area contributed by atoms with Crippen molar-refractivity contribution < 1.29 is 37.1 Å². The van der Waals surface area contributed by atoms with Gasteiger partial charge >= 0.3 is 5.97 Å². The summed E-state index contributed by atoms with van der Waals surface area (Å²) in [7, 11) is 7.57. The molecule has 0 fully saturated rings. The highest BCUT2D eigenvalue weighted by atomic mass is 35.5. The van der Waals surface area contributed by atoms with Gasteiger partial charge in [-0.05, 0) is 79.4 Å². The first-order chi connectivity index (χ1) is 25.3. The number of carbonyl (C=O) groups is 2. The molecule has 0 aliphatic rings. The quantitative estimate of drug-likeness (QED) is 0.0695. The van der Waals surface area contributed by atoms with Crippen LogP contribution < -0.4 is 9.64 Å². The van der Waals surface area contributed by atoms with Crippen molar-refractivity contribution in [3.63, 3.8) is 0 Å². The van der Waals surface area contributed by atoms with Crippen LogP contribution in [0.3, 0.4) is 0 Å². The molecule has 12 heteroatoms. The van der Waals surface area contributed by atoms with E-state index in [1.807, 2.05) is 53.2 Å². The number of benzene rings is 3. The monoisotopic (exact) mass is 790 g/mol. The molecule has 0 spiro atoms. The molecule has 4 unspecified atom stereocenters. The molecule has 54 heavy (non-hydrogen) atoms. The molecule has 7 nitrogen and oxygen atoms in total. The minimum absolute atomic E-state index is 0.00631. The molecule has 3 aromatic carbocycles. The van der Waals surface area contributed by atoms with Gasteiger partial charge in [0, 0.05) is 41.1 Å². The van der Waals surface area contributed by atoms with E-state index in [1.165, 1.54) is 35.7 Å². The Morgan fingerprint density at radius 3 is 2.15 bits per heavy atom. The molecule has 3 rings (SSSR count). The first-order valence-corrected chi connectivity index (χ1v) is 19.6. The van der Waals surface area contributed by atoms with E-state index < -0.39 is 40.9 Å². The number of hydrogen-bond acceptors (Lipinski definition) is 6. The van der Waals surface area contributed by atoms with Crippen LogP contribution >= 0.6 is 23.4 Å². The number of quaternary nitrogens is 1. The zero-order valence-corrected chi connectivity index (χ0v) is 34.7. The van der Waals surface area contributed by atoms with Crippen LogP contribution in [0.4, 0.5) is 18.9 Å². The van der Waals surface area contributed by atoms with Gasteiger partial charge in [-0.25, -0.2) is 13.2 Å². The van der Waals surface area contributed by atoms with E-state index in [2.05, 4.69) is 25.7 Å². The van der Waals surface area contributed by atoms with Crippen LogP contribution in [0.15, 0.2) is 66.4 Å². The van der Waals surface area contributed by atoms with Gasteiger partial charge in [-0.1, -0.05) is 57.9 Å². The van der Waals surface area contributed by atoms with Crippen molar-refractivity contribution >= 4 is 41.3 Å². The zero-order valence-electron chi connectivity index (χ0n) is 33.1. The lowest BCUT2D eigenvalue weighted by atomic mass is 9.79. The summed E-state index contributed by atoms with van der Waals surface area (Å²) in [5.74, 6) is -2.71. The van der Waals surface area contributed by atoms with Crippen molar-refractivity contribution in [3.05, 3.63) is 106 Å². The molecule has 0 saturated heterocycles. The van der Waals surface area contributed by atoms with Crippen LogP contribution in [0.1, 0.15) is 77.1 Å². The maximum atomic E-state index is 16.1. The number of rotatable bonds is 20. The summed E-state index contributed by atoms with van der Waals surface area (Å²) in [4.78, 5) is 28.1. The normalized spacial score (nSPS) is 14.8. The number of halogens is 4. The van der Waals surface area contributed by atoms with E-state index in [0.29, 0.717) is 40.2 Å². The van der Waals surface area contributed by atoms with Gasteiger partial charge in [0.05, 0.1) is 51.2 Å². The van der Waals surface area contributed by atoms with Crippen LogP contribution in [-0.4, -0.2) is 79.5 Å². The number of methoxy groups -OCH3 is 1. The van der Waals surface area contributed by atoms with Crippen LogP contribution in [0, 0.1) is 23.4 Å². The molecule has 0 radical (unpaired) electrons. The molecular weight excluding hydrogens is 735 g/mol. The Kier molecular flexibility index (Phi) is 16.1. The van der Waals surface area contributed by atoms with Crippen LogP contribution in [0.5, 0.6) is 5.75 Å². The van der Waals surface area contributed by atoms with E-state index in [-0.39, 0.29) is 34.7 Å². The lowest BCUT2D eigenvalue weighted by Crippen LogP contribution is -2.44. The second kappa shape index (κ2) is 19.4. The summed E-state index contributed by atoms with van der Waals surface area (Å²) < 4.78 is 52.6. The summed E-state index contributed by atoms with van der Waals surface area (Å²) in [6, 6.07) is 11.8. The maximum Gasteiger partial charge on any atom is 0.320 e. The summed E-state index contributed by atoms with van der Waals surface area (Å²) >= 11 is 7.75. The Hall–Kier alpha value is -3.51. The molecule has 3 aromatic rings. The second-order valence-corrected chi connectivity index (χ2v) is 16.8. The Labute approximate surface area is 328 Å². The SMILES string of the molecule is CC=C(N(c1ccc(F)cc1)C(SCc1c(F)cc(C(C=O)N(CCC[N+](C)(C)C)C(C)C(=O)O)cc1F)C(C)CC)C(C)(C)c1ccc(Cl)c(OC)c1. The van der Waals surface area contributed by atoms with Gasteiger partial charge in [-0.3, -0.25) is 9.69 Å². The van der Waals surface area contributed by atoms with E-state index >= 15 is 8.78 Å². The number of aliphatic carboxylic acids is 1. The fraction of sp³-hybridized carbons (Fsp3) is 0.476. The maximum absolute atomic E-state index is 16.1. The van der Waals surface area contributed by atoms with Gasteiger partial charge in [0.15, 0.2) is 0 Å². The van der Waals surface area contributed by atoms with Gasteiger partial charge < -0.3 is 24.0 Å². The third-order valence-corrected chi connectivity index (χ3v) is 11.8. The number of hydrogen-bond donors (Lipinski definition) is 1. The molecule has 0 amide bonds. The minimum Gasteiger partial charge on any atom is -0.495 e. The van der Waals surface area contributed by atoms with Crippen molar-refractivity contribution in [2.24, 2.45) is 5.92 Å². The summed E-state index contributed by atoms with van der Waals surface area (Å²) in [6.45, 7) is 12.6. The molecule has 0 aliphatic carbocycles. The fourth-order valence-electron chi connectivity index (χ4n) is 6.61. The smallest absolute Gasteiger partial charge is 0.320 e. The number of ether oxygens (including phenoxy) is 1. The van der Waals surface area contributed by atoms with E-state index in [1.54, 1.807) is 25.3 Å². The topological polar surface area (TPSA) is 70.1 Å². The Morgan fingerprint density at radius 2 is 1.65 bits per heavy atom. The molecule has 4 atom stereocenters. The predicted octanol–water partition coefficient (Wildman–Crippen LogP) is 9.87. The lowest BCUT2D eigenvalue weighted by molar-refractivity contribution is -0.870. The van der Waals surface area contributed by atoms with Gasteiger partial charge in [-0.15, -0.1) is 11.8 Å². The van der Waals surface area contributed by atoms with E-state index in [4.69, 9.17) is 16.3 Å². The Bertz CT molecular complexity index is 1740. The van der Waals surface area contributed by atoms with E-state index in [0.717, 1.165) is 29.8 Å². The van der Waals surface area contributed by atoms with Crippen molar-refractivity contribution in [1.29, 1.82) is 0 Å². The van der Waals surface area contributed by atoms with Crippen molar-refractivity contribution in [3.8, 4) is 5.75 Å². The Balaban J connectivity index is 2.08. The van der Waals surface area contributed by atoms with Crippen LogP contribution in [0.2, 0.25) is 5.02 Å². The number of thioether (sulfide) groups is 1. The minimum atomic E-state index is -1.16. The third-order valence-electron chi connectivity index (χ3n) is 10.0. The number of aldehydes is 1. The number of carbonyl (C=O) groups excluding carboxylic acids is 1. The summed E-state index contributed by atoms with van der Waals surface area (Å²) in [6.07, 6.45) is 3.85. The number of carboxylic acids is 1. The second-order valence-electron chi connectivity index (χ2n) is 15.2. The highest BCUT2D eigenvalue weighted by Gasteiger charge is 2.37. The van der Waals surface area contributed by atoms with Crippen LogP contribution in [-0.2, 0) is 20.8 Å². The van der Waals surface area contributed by atoms with Crippen LogP contribution in [0.25, 0.3) is 0 Å². The molecule has 1 N–H and O–H groups in total. The average Bonchev–Trinajstić information content (AvgIpc) is 3.11. The fourth-order valence-corrected chi connectivity index (χ4v) is 8.32. The first-order valence-electron chi connectivity index (χ1n) is 18.2. The standard InChI is InChI=1S/C42H55ClF3N3O4S/c1-11-27(3)40(48(32-17-15-31(44)16-18-32)39(12-2)42(5,6)30-14-19-34(43)38(24-30)53-10)54-26-33-35(45)22-29(23-36(33)46)37(25-50)47(28(4)41(51)52)20-13-21-49(7,8)9/h12,14-19,22-25,27-28,37,40H,11,13,20-21,26H2,1-10H3/p+1. The lowest BCUT2D eigenvalue weighted by Gasteiger charge is -2.44. The molecule has 0 aliphatic heterocycles. The number of anilines is 1. The molecule has 0 bridgehead atoms. The van der Waals surface area contributed by atoms with Gasteiger partial charge in [-0.2, -0.15) is 0 Å². The molecule has 0 heterocycles.